The van der Waals surface area contributed by atoms with Crippen molar-refractivity contribution in [3.63, 3.8) is 0 Å². The average Bonchev–Trinajstić information content (AvgIpc) is 2.41. The molecule has 0 saturated heterocycles. The van der Waals surface area contributed by atoms with Crippen molar-refractivity contribution < 1.29 is 0 Å². The third kappa shape index (κ3) is 4.08. The molecule has 0 fully saturated rings. The lowest BCUT2D eigenvalue weighted by Crippen LogP contribution is -2.33. The summed E-state index contributed by atoms with van der Waals surface area (Å²) in [5.41, 5.74) is 1.23. The van der Waals surface area contributed by atoms with Gasteiger partial charge in [-0.15, -0.1) is 0 Å². The molecule has 0 bridgehead atoms. The number of aromatic nitrogens is 2. The van der Waals surface area contributed by atoms with Crippen molar-refractivity contribution in [2.75, 3.05) is 23.3 Å². The normalized spacial score (nSPS) is 10.8. The fourth-order valence-electron chi connectivity index (χ4n) is 2.22. The van der Waals surface area contributed by atoms with Gasteiger partial charge in [-0.2, -0.15) is 0 Å². The van der Waals surface area contributed by atoms with E-state index in [-0.39, 0.29) is 0 Å². The summed E-state index contributed by atoms with van der Waals surface area (Å²) in [4.78, 5) is 11.3. The molecule has 0 spiro atoms. The van der Waals surface area contributed by atoms with Crippen LogP contribution in [0.15, 0.2) is 6.33 Å². The third-order valence-corrected chi connectivity index (χ3v) is 3.18. The maximum atomic E-state index is 4.53. The second-order valence-electron chi connectivity index (χ2n) is 5.09. The predicted octanol–water partition coefficient (Wildman–Crippen LogP) is 3.49. The summed E-state index contributed by atoms with van der Waals surface area (Å²) in [5.74, 6) is 2.09. The van der Waals surface area contributed by atoms with Crippen LogP contribution in [0, 0.1) is 0 Å². The molecule has 0 aliphatic rings. The van der Waals surface area contributed by atoms with Gasteiger partial charge < -0.3 is 10.2 Å². The lowest BCUT2D eigenvalue weighted by Gasteiger charge is -2.29. The molecule has 0 aliphatic heterocycles. The van der Waals surface area contributed by atoms with Gasteiger partial charge in [0.15, 0.2) is 0 Å². The highest BCUT2D eigenvalue weighted by Crippen LogP contribution is 2.25. The Balaban J connectivity index is 3.10. The Morgan fingerprint density at radius 2 is 1.89 bits per heavy atom. The van der Waals surface area contributed by atoms with Crippen LogP contribution in [0.25, 0.3) is 0 Å². The van der Waals surface area contributed by atoms with Crippen LogP contribution in [0.1, 0.15) is 53.0 Å². The molecule has 0 unspecified atom stereocenters. The highest BCUT2D eigenvalue weighted by Gasteiger charge is 2.17. The van der Waals surface area contributed by atoms with Crippen molar-refractivity contribution in [2.45, 2.75) is 59.9 Å². The molecule has 0 atom stereocenters. The zero-order chi connectivity index (χ0) is 14.3. The number of nitrogens with zero attached hydrogens (tertiary/aromatic N) is 3. The SMILES string of the molecule is CCCNc1ncnc(N(CCC)C(C)C)c1CC. The van der Waals surface area contributed by atoms with Crippen LogP contribution in [-0.4, -0.2) is 29.1 Å². The van der Waals surface area contributed by atoms with Crippen molar-refractivity contribution in [3.8, 4) is 0 Å². The first-order valence-corrected chi connectivity index (χ1v) is 7.49. The second kappa shape index (κ2) is 7.97. The number of anilines is 2. The molecule has 4 nitrogen and oxygen atoms in total. The van der Waals surface area contributed by atoms with Gasteiger partial charge in [0, 0.05) is 24.7 Å². The van der Waals surface area contributed by atoms with Crippen LogP contribution in [0.3, 0.4) is 0 Å². The van der Waals surface area contributed by atoms with E-state index in [9.17, 15) is 0 Å². The van der Waals surface area contributed by atoms with E-state index in [0.717, 1.165) is 44.0 Å². The third-order valence-electron chi connectivity index (χ3n) is 3.18. The van der Waals surface area contributed by atoms with E-state index in [1.165, 1.54) is 5.56 Å². The topological polar surface area (TPSA) is 41.1 Å². The van der Waals surface area contributed by atoms with E-state index in [1.807, 2.05) is 0 Å². The van der Waals surface area contributed by atoms with E-state index in [2.05, 4.69) is 54.8 Å². The van der Waals surface area contributed by atoms with Crippen LogP contribution < -0.4 is 10.2 Å². The van der Waals surface area contributed by atoms with Crippen LogP contribution in [0.2, 0.25) is 0 Å². The molecule has 19 heavy (non-hydrogen) atoms. The molecule has 0 saturated carbocycles. The number of nitrogens with one attached hydrogen (secondary N) is 1. The van der Waals surface area contributed by atoms with Gasteiger partial charge in [-0.3, -0.25) is 0 Å². The molecular weight excluding hydrogens is 236 g/mol. The van der Waals surface area contributed by atoms with Gasteiger partial charge in [0.05, 0.1) is 0 Å². The lowest BCUT2D eigenvalue weighted by molar-refractivity contribution is 0.657. The Hall–Kier alpha value is -1.32. The summed E-state index contributed by atoms with van der Waals surface area (Å²) >= 11 is 0. The summed E-state index contributed by atoms with van der Waals surface area (Å²) < 4.78 is 0. The van der Waals surface area contributed by atoms with Crippen molar-refractivity contribution in [1.29, 1.82) is 0 Å². The first-order valence-electron chi connectivity index (χ1n) is 7.49. The fraction of sp³-hybridized carbons (Fsp3) is 0.733. The van der Waals surface area contributed by atoms with Gasteiger partial charge in [0.25, 0.3) is 0 Å². The summed E-state index contributed by atoms with van der Waals surface area (Å²) in [6.07, 6.45) is 4.86. The van der Waals surface area contributed by atoms with E-state index >= 15 is 0 Å². The Kier molecular flexibility index (Phi) is 6.60. The molecule has 0 radical (unpaired) electrons. The highest BCUT2D eigenvalue weighted by atomic mass is 15.2. The van der Waals surface area contributed by atoms with E-state index in [4.69, 9.17) is 0 Å². The number of hydrogen-bond acceptors (Lipinski definition) is 4. The number of hydrogen-bond donors (Lipinski definition) is 1. The van der Waals surface area contributed by atoms with Crippen molar-refractivity contribution >= 4 is 11.6 Å². The van der Waals surface area contributed by atoms with Crippen LogP contribution >= 0.6 is 0 Å². The van der Waals surface area contributed by atoms with Crippen LogP contribution in [0.5, 0.6) is 0 Å². The summed E-state index contributed by atoms with van der Waals surface area (Å²) in [6, 6.07) is 0.458. The Morgan fingerprint density at radius 3 is 2.42 bits per heavy atom. The fourth-order valence-corrected chi connectivity index (χ4v) is 2.22. The molecule has 0 amide bonds. The summed E-state index contributed by atoms with van der Waals surface area (Å²) in [6.45, 7) is 13.0. The maximum Gasteiger partial charge on any atom is 0.137 e. The molecule has 1 aromatic rings. The van der Waals surface area contributed by atoms with Gasteiger partial charge >= 0.3 is 0 Å². The van der Waals surface area contributed by atoms with Gasteiger partial charge in [-0.05, 0) is 33.1 Å². The van der Waals surface area contributed by atoms with Gasteiger partial charge in [-0.1, -0.05) is 20.8 Å². The molecule has 108 valence electrons. The van der Waals surface area contributed by atoms with Gasteiger partial charge in [0.1, 0.15) is 18.0 Å². The highest BCUT2D eigenvalue weighted by molar-refractivity contribution is 5.59. The zero-order valence-electron chi connectivity index (χ0n) is 13.0. The minimum Gasteiger partial charge on any atom is -0.370 e. The Bertz CT molecular complexity index is 376. The van der Waals surface area contributed by atoms with Crippen LogP contribution in [-0.2, 0) is 6.42 Å². The molecule has 1 aromatic heterocycles. The minimum absolute atomic E-state index is 0.458. The standard InChI is InChI=1S/C15H28N4/c1-6-9-16-14-13(8-3)15(18-11-17-14)19(10-7-2)12(4)5/h11-12H,6-10H2,1-5H3,(H,16,17,18). The molecule has 0 aliphatic carbocycles. The summed E-state index contributed by atoms with van der Waals surface area (Å²) in [5, 5.41) is 3.41. The smallest absolute Gasteiger partial charge is 0.137 e. The van der Waals surface area contributed by atoms with Crippen molar-refractivity contribution in [3.05, 3.63) is 11.9 Å². The zero-order valence-corrected chi connectivity index (χ0v) is 13.0. The average molecular weight is 264 g/mol. The van der Waals surface area contributed by atoms with E-state index in [0.29, 0.717) is 6.04 Å². The predicted molar refractivity (Wildman–Crippen MR) is 83.0 cm³/mol. The summed E-state index contributed by atoms with van der Waals surface area (Å²) in [7, 11) is 0. The Labute approximate surface area is 117 Å². The second-order valence-corrected chi connectivity index (χ2v) is 5.09. The molecule has 1 rings (SSSR count). The molecule has 1 heterocycles. The van der Waals surface area contributed by atoms with Gasteiger partial charge in [0.2, 0.25) is 0 Å². The molecule has 4 heteroatoms. The molecular formula is C15H28N4. The van der Waals surface area contributed by atoms with Crippen molar-refractivity contribution in [2.24, 2.45) is 0 Å². The van der Waals surface area contributed by atoms with Crippen molar-refractivity contribution in [1.82, 2.24) is 9.97 Å². The lowest BCUT2D eigenvalue weighted by atomic mass is 10.1. The Morgan fingerprint density at radius 1 is 1.16 bits per heavy atom. The number of rotatable bonds is 8. The first kappa shape index (κ1) is 15.7. The molecule has 0 aromatic carbocycles. The minimum atomic E-state index is 0.458. The van der Waals surface area contributed by atoms with Crippen LogP contribution in [0.4, 0.5) is 11.6 Å². The van der Waals surface area contributed by atoms with E-state index < -0.39 is 0 Å². The van der Waals surface area contributed by atoms with E-state index in [1.54, 1.807) is 6.33 Å². The monoisotopic (exact) mass is 264 g/mol. The molecule has 1 N–H and O–H groups in total. The maximum absolute atomic E-state index is 4.53. The first-order chi connectivity index (χ1) is 9.15. The quantitative estimate of drug-likeness (QED) is 0.780. The van der Waals surface area contributed by atoms with Gasteiger partial charge in [-0.25, -0.2) is 9.97 Å². The largest absolute Gasteiger partial charge is 0.370 e.